The maximum Gasteiger partial charge on any atom is 0.274 e. The third-order valence-corrected chi connectivity index (χ3v) is 5.11. The number of nitrogens with zero attached hydrogens (tertiary/aromatic N) is 5. The van der Waals surface area contributed by atoms with Gasteiger partial charge < -0.3 is 5.32 Å². The number of rotatable bonds is 6. The van der Waals surface area contributed by atoms with Gasteiger partial charge in [-0.2, -0.15) is 10.2 Å². The highest BCUT2D eigenvalue weighted by molar-refractivity contribution is 6.04. The third-order valence-electron chi connectivity index (χ3n) is 5.11. The molecule has 0 aliphatic carbocycles. The van der Waals surface area contributed by atoms with Crippen molar-refractivity contribution >= 4 is 16.7 Å². The zero-order chi connectivity index (χ0) is 22.8. The molecule has 0 fully saturated rings. The summed E-state index contributed by atoms with van der Waals surface area (Å²) in [5.74, 6) is 0.615. The second-order valence-electron chi connectivity index (χ2n) is 8.32. The molecule has 32 heavy (non-hydrogen) atoms. The summed E-state index contributed by atoms with van der Waals surface area (Å²) in [6.45, 7) is 8.67. The number of carbonyl (C=O) groups excluding carboxylic acids is 1. The molecule has 0 unspecified atom stereocenters. The second-order valence-corrected chi connectivity index (χ2v) is 8.32. The summed E-state index contributed by atoms with van der Waals surface area (Å²) in [6, 6.07) is 12.8. The smallest absolute Gasteiger partial charge is 0.274 e. The molecule has 3 heterocycles. The van der Waals surface area contributed by atoms with E-state index in [9.17, 15) is 9.59 Å². The molecular formula is C24H26N6O2. The molecular weight excluding hydrogens is 404 g/mol. The minimum Gasteiger partial charge on any atom is -0.346 e. The lowest BCUT2D eigenvalue weighted by atomic mass is 10.1. The summed E-state index contributed by atoms with van der Waals surface area (Å²) >= 11 is 0. The molecule has 0 saturated heterocycles. The fourth-order valence-electron chi connectivity index (χ4n) is 3.65. The van der Waals surface area contributed by atoms with Crippen molar-refractivity contribution in [3.63, 3.8) is 0 Å². The van der Waals surface area contributed by atoms with Crippen LogP contribution in [-0.2, 0) is 13.1 Å². The van der Waals surface area contributed by atoms with Crippen molar-refractivity contribution in [1.29, 1.82) is 0 Å². The summed E-state index contributed by atoms with van der Waals surface area (Å²) in [6.07, 6.45) is 1.72. The number of fused-ring (bicyclic) bond motifs is 1. The Morgan fingerprint density at radius 3 is 2.44 bits per heavy atom. The van der Waals surface area contributed by atoms with Gasteiger partial charge in [-0.15, -0.1) is 0 Å². The van der Waals surface area contributed by atoms with Crippen molar-refractivity contribution in [2.45, 2.75) is 40.8 Å². The van der Waals surface area contributed by atoms with Gasteiger partial charge >= 0.3 is 0 Å². The number of aromatic nitrogens is 5. The number of benzene rings is 1. The highest BCUT2D eigenvalue weighted by Crippen LogP contribution is 2.15. The van der Waals surface area contributed by atoms with Crippen LogP contribution in [0.1, 0.15) is 41.3 Å². The Labute approximate surface area is 185 Å². The molecule has 164 valence electrons. The summed E-state index contributed by atoms with van der Waals surface area (Å²) in [4.78, 5) is 30.2. The molecule has 1 N–H and O–H groups in total. The first-order valence-electron chi connectivity index (χ1n) is 10.6. The van der Waals surface area contributed by atoms with E-state index in [1.165, 1.54) is 4.68 Å². The Bertz CT molecular complexity index is 1340. The molecule has 4 rings (SSSR count). The number of nitrogens with one attached hydrogen (secondary N) is 1. The van der Waals surface area contributed by atoms with E-state index in [1.54, 1.807) is 35.1 Å². The average Bonchev–Trinajstić information content (AvgIpc) is 3.12. The van der Waals surface area contributed by atoms with Gasteiger partial charge in [-0.05, 0) is 43.5 Å². The van der Waals surface area contributed by atoms with Crippen LogP contribution in [0.15, 0.2) is 53.5 Å². The molecule has 4 aromatic rings. The molecule has 8 nitrogen and oxygen atoms in total. The molecule has 8 heteroatoms. The van der Waals surface area contributed by atoms with E-state index in [-0.39, 0.29) is 23.1 Å². The maximum absolute atomic E-state index is 13.0. The van der Waals surface area contributed by atoms with E-state index in [4.69, 9.17) is 0 Å². The fourth-order valence-corrected chi connectivity index (χ4v) is 3.65. The van der Waals surface area contributed by atoms with E-state index >= 15 is 0 Å². The van der Waals surface area contributed by atoms with Crippen molar-refractivity contribution in [3.8, 4) is 5.82 Å². The highest BCUT2D eigenvalue weighted by Gasteiger charge is 2.17. The van der Waals surface area contributed by atoms with Crippen LogP contribution in [0.25, 0.3) is 16.6 Å². The van der Waals surface area contributed by atoms with Crippen LogP contribution in [0, 0.1) is 19.8 Å². The summed E-state index contributed by atoms with van der Waals surface area (Å²) in [5, 5.41) is 12.8. The van der Waals surface area contributed by atoms with Crippen LogP contribution in [0.3, 0.4) is 0 Å². The molecule has 0 atom stereocenters. The van der Waals surface area contributed by atoms with Gasteiger partial charge in [0.25, 0.3) is 11.5 Å². The molecule has 0 spiro atoms. The monoisotopic (exact) mass is 430 g/mol. The van der Waals surface area contributed by atoms with Crippen LogP contribution >= 0.6 is 0 Å². The van der Waals surface area contributed by atoms with Crippen LogP contribution < -0.4 is 10.9 Å². The van der Waals surface area contributed by atoms with Gasteiger partial charge in [0.2, 0.25) is 0 Å². The lowest BCUT2D eigenvalue weighted by Gasteiger charge is -2.13. The molecule has 0 aliphatic heterocycles. The zero-order valence-corrected chi connectivity index (χ0v) is 18.7. The van der Waals surface area contributed by atoms with Crippen molar-refractivity contribution in [3.05, 3.63) is 81.7 Å². The van der Waals surface area contributed by atoms with Crippen molar-refractivity contribution in [1.82, 2.24) is 29.9 Å². The standard InChI is InChI=1S/C24H26N6O2/c1-15(2)14-29-24(32)20-8-6-5-7-19(20)22(28-29)23(31)26-13-18-9-10-21(25-12-18)30-17(4)11-16(3)27-30/h5-12,15H,13-14H2,1-4H3,(H,26,31). The largest absolute Gasteiger partial charge is 0.346 e. The minimum absolute atomic E-state index is 0.185. The number of hydrogen-bond acceptors (Lipinski definition) is 5. The van der Waals surface area contributed by atoms with Crippen molar-refractivity contribution in [2.24, 2.45) is 5.92 Å². The first kappa shape index (κ1) is 21.4. The first-order chi connectivity index (χ1) is 15.3. The maximum atomic E-state index is 13.0. The molecule has 1 aromatic carbocycles. The Morgan fingerprint density at radius 1 is 1.06 bits per heavy atom. The van der Waals surface area contributed by atoms with E-state index in [1.807, 2.05) is 45.9 Å². The number of amides is 1. The molecule has 0 saturated carbocycles. The summed E-state index contributed by atoms with van der Waals surface area (Å²) in [7, 11) is 0. The SMILES string of the molecule is Cc1cc(C)n(-c2ccc(CNC(=O)c3nn(CC(C)C)c(=O)c4ccccc34)cn2)n1. The molecule has 1 amide bonds. The average molecular weight is 431 g/mol. The van der Waals surface area contributed by atoms with E-state index in [2.05, 4.69) is 20.5 Å². The summed E-state index contributed by atoms with van der Waals surface area (Å²) in [5.41, 5.74) is 2.84. The predicted octanol–water partition coefficient (Wildman–Crippen LogP) is 3.18. The summed E-state index contributed by atoms with van der Waals surface area (Å²) < 4.78 is 3.17. The molecule has 0 bridgehead atoms. The Kier molecular flexibility index (Phi) is 5.85. The van der Waals surface area contributed by atoms with Crippen molar-refractivity contribution < 1.29 is 4.79 Å². The first-order valence-corrected chi connectivity index (χ1v) is 10.6. The Morgan fingerprint density at radius 2 is 1.81 bits per heavy atom. The van der Waals surface area contributed by atoms with Gasteiger partial charge in [0, 0.05) is 30.4 Å². The lowest BCUT2D eigenvalue weighted by Crippen LogP contribution is -2.31. The Hall–Kier alpha value is -3.81. The minimum atomic E-state index is -0.332. The van der Waals surface area contributed by atoms with E-state index in [0.29, 0.717) is 23.9 Å². The number of pyridine rings is 1. The molecule has 3 aromatic heterocycles. The third kappa shape index (κ3) is 4.30. The topological polar surface area (TPSA) is 94.7 Å². The van der Waals surface area contributed by atoms with Gasteiger partial charge in [0.1, 0.15) is 0 Å². The Balaban J connectivity index is 1.56. The zero-order valence-electron chi connectivity index (χ0n) is 18.7. The number of hydrogen-bond donors (Lipinski definition) is 1. The van der Waals surface area contributed by atoms with Gasteiger partial charge in [0.15, 0.2) is 11.5 Å². The van der Waals surface area contributed by atoms with E-state index < -0.39 is 0 Å². The van der Waals surface area contributed by atoms with Crippen LogP contribution in [0.5, 0.6) is 0 Å². The van der Waals surface area contributed by atoms with Gasteiger partial charge in [-0.1, -0.05) is 38.1 Å². The predicted molar refractivity (Wildman–Crippen MR) is 123 cm³/mol. The fraction of sp³-hybridized carbons (Fsp3) is 0.292. The lowest BCUT2D eigenvalue weighted by molar-refractivity contribution is 0.0945. The molecule has 0 radical (unpaired) electrons. The number of carbonyl (C=O) groups is 1. The highest BCUT2D eigenvalue weighted by atomic mass is 16.2. The second kappa shape index (κ2) is 8.74. The number of aryl methyl sites for hydroxylation is 2. The van der Waals surface area contributed by atoms with Crippen LogP contribution in [0.2, 0.25) is 0 Å². The molecule has 0 aliphatic rings. The van der Waals surface area contributed by atoms with E-state index in [0.717, 1.165) is 22.8 Å². The van der Waals surface area contributed by atoms with Gasteiger partial charge in [-0.25, -0.2) is 14.3 Å². The normalized spacial score (nSPS) is 11.3. The van der Waals surface area contributed by atoms with Gasteiger partial charge in [-0.3, -0.25) is 9.59 Å². The van der Waals surface area contributed by atoms with Crippen molar-refractivity contribution in [2.75, 3.05) is 0 Å². The van der Waals surface area contributed by atoms with Crippen LogP contribution in [0.4, 0.5) is 0 Å². The van der Waals surface area contributed by atoms with Crippen LogP contribution in [-0.4, -0.2) is 30.5 Å². The quantitative estimate of drug-likeness (QED) is 0.507. The van der Waals surface area contributed by atoms with Gasteiger partial charge in [0.05, 0.1) is 11.1 Å².